The number of carboxylic acids is 1. The fourth-order valence-electron chi connectivity index (χ4n) is 3.26. The van der Waals surface area contributed by atoms with Gasteiger partial charge in [0, 0.05) is 24.8 Å². The lowest BCUT2D eigenvalue weighted by atomic mass is 9.97. The Hall–Kier alpha value is -1.33. The van der Waals surface area contributed by atoms with Gasteiger partial charge in [0.15, 0.2) is 0 Å². The van der Waals surface area contributed by atoms with Gasteiger partial charge in [-0.15, -0.1) is 0 Å². The van der Waals surface area contributed by atoms with Gasteiger partial charge in [-0.2, -0.15) is 0 Å². The summed E-state index contributed by atoms with van der Waals surface area (Å²) in [7, 11) is 0. The van der Waals surface area contributed by atoms with Crippen molar-refractivity contribution in [3.05, 3.63) is 22.8 Å². The van der Waals surface area contributed by atoms with E-state index in [1.807, 2.05) is 0 Å². The first-order valence-electron chi connectivity index (χ1n) is 7.03. The molecule has 0 aromatic carbocycles. The molecule has 0 radical (unpaired) electrons. The molecule has 108 valence electrons. The number of anilines is 1. The maximum atomic E-state index is 11.1. The van der Waals surface area contributed by atoms with Crippen LogP contribution < -0.4 is 5.32 Å². The number of aromatic carboxylic acids is 1. The van der Waals surface area contributed by atoms with Crippen LogP contribution in [0.15, 0.2) is 12.3 Å². The third kappa shape index (κ3) is 2.60. The van der Waals surface area contributed by atoms with Gasteiger partial charge in [-0.05, 0) is 38.3 Å². The molecule has 1 aromatic rings. The average Bonchev–Trinajstić information content (AvgIpc) is 2.88. The predicted molar refractivity (Wildman–Crippen MR) is 77.4 cm³/mol. The van der Waals surface area contributed by atoms with Crippen LogP contribution in [0.4, 0.5) is 5.82 Å². The molecule has 20 heavy (non-hydrogen) atoms. The molecule has 0 bridgehead atoms. The molecule has 2 fully saturated rings. The summed E-state index contributed by atoms with van der Waals surface area (Å²) in [4.78, 5) is 17.8. The Kier molecular flexibility index (Phi) is 3.81. The molecule has 3 heterocycles. The summed E-state index contributed by atoms with van der Waals surface area (Å²) in [5.74, 6) is -0.533. The van der Waals surface area contributed by atoms with Crippen molar-refractivity contribution in [1.82, 2.24) is 9.88 Å². The van der Waals surface area contributed by atoms with Gasteiger partial charge in [0.05, 0.1) is 10.6 Å². The molecule has 3 rings (SSSR count). The Morgan fingerprint density at radius 1 is 1.45 bits per heavy atom. The normalized spacial score (nSPS) is 26.2. The summed E-state index contributed by atoms with van der Waals surface area (Å²) in [5, 5.41) is 12.6. The van der Waals surface area contributed by atoms with Crippen molar-refractivity contribution in [2.75, 3.05) is 18.4 Å². The molecular formula is C14H18ClN3O2. The summed E-state index contributed by atoms with van der Waals surface area (Å²) in [6, 6.07) is 2.40. The minimum absolute atomic E-state index is 0.0995. The van der Waals surface area contributed by atoms with E-state index in [-0.39, 0.29) is 10.6 Å². The molecule has 2 unspecified atom stereocenters. The quantitative estimate of drug-likeness (QED) is 0.897. The highest BCUT2D eigenvalue weighted by molar-refractivity contribution is 6.35. The molecule has 2 saturated heterocycles. The number of aromatic nitrogens is 1. The summed E-state index contributed by atoms with van der Waals surface area (Å²) >= 11 is 6.12. The fourth-order valence-corrected chi connectivity index (χ4v) is 3.51. The Balaban J connectivity index is 1.72. The van der Waals surface area contributed by atoms with Gasteiger partial charge in [0.2, 0.25) is 0 Å². The molecule has 0 amide bonds. The number of hydrogen-bond donors (Lipinski definition) is 2. The third-order valence-corrected chi connectivity index (χ3v) is 4.66. The first-order chi connectivity index (χ1) is 9.65. The standard InChI is InChI=1S/C14H18ClN3O2/c15-12-11(14(19)20)3-5-16-13(12)17-9-4-7-18-6-1-2-10(18)8-9/h3,5,9-10H,1-2,4,6-8H2,(H,16,17)(H,19,20). The van der Waals surface area contributed by atoms with Gasteiger partial charge >= 0.3 is 5.97 Å². The lowest BCUT2D eigenvalue weighted by Crippen LogP contribution is -2.42. The second-order valence-corrected chi connectivity index (χ2v) is 5.90. The molecule has 5 nitrogen and oxygen atoms in total. The van der Waals surface area contributed by atoms with Crippen LogP contribution in [0.2, 0.25) is 5.02 Å². The largest absolute Gasteiger partial charge is 0.478 e. The highest BCUT2D eigenvalue weighted by Crippen LogP contribution is 2.30. The van der Waals surface area contributed by atoms with E-state index in [9.17, 15) is 4.79 Å². The number of nitrogens with zero attached hydrogens (tertiary/aromatic N) is 2. The van der Waals surface area contributed by atoms with Gasteiger partial charge in [0.1, 0.15) is 5.82 Å². The van der Waals surface area contributed by atoms with Crippen LogP contribution in [-0.2, 0) is 0 Å². The van der Waals surface area contributed by atoms with Crippen LogP contribution in [0.1, 0.15) is 36.0 Å². The van der Waals surface area contributed by atoms with Crippen molar-refractivity contribution in [3.8, 4) is 0 Å². The van der Waals surface area contributed by atoms with E-state index in [1.54, 1.807) is 0 Å². The van der Waals surface area contributed by atoms with Gasteiger partial charge in [-0.25, -0.2) is 9.78 Å². The van der Waals surface area contributed by atoms with E-state index in [0.717, 1.165) is 19.4 Å². The average molecular weight is 296 g/mol. The van der Waals surface area contributed by atoms with Crippen LogP contribution >= 0.6 is 11.6 Å². The number of nitrogens with one attached hydrogen (secondary N) is 1. The number of fused-ring (bicyclic) bond motifs is 1. The van der Waals surface area contributed by atoms with E-state index in [2.05, 4.69) is 15.2 Å². The predicted octanol–water partition coefficient (Wildman–Crippen LogP) is 2.47. The Morgan fingerprint density at radius 2 is 2.30 bits per heavy atom. The molecule has 6 heteroatoms. The summed E-state index contributed by atoms with van der Waals surface area (Å²) < 4.78 is 0. The van der Waals surface area contributed by atoms with Gasteiger partial charge < -0.3 is 15.3 Å². The molecule has 2 N–H and O–H groups in total. The first-order valence-corrected chi connectivity index (χ1v) is 7.41. The van der Waals surface area contributed by atoms with Crippen LogP contribution in [0.5, 0.6) is 0 Å². The second kappa shape index (κ2) is 5.58. The zero-order valence-corrected chi connectivity index (χ0v) is 11.9. The van der Waals surface area contributed by atoms with Gasteiger partial charge in [-0.3, -0.25) is 0 Å². The number of pyridine rings is 1. The first kappa shape index (κ1) is 13.6. The number of halogens is 1. The molecule has 2 atom stereocenters. The van der Waals surface area contributed by atoms with Crippen molar-refractivity contribution in [3.63, 3.8) is 0 Å². The van der Waals surface area contributed by atoms with E-state index in [0.29, 0.717) is 17.9 Å². The van der Waals surface area contributed by atoms with Crippen molar-refractivity contribution >= 4 is 23.4 Å². The molecule has 2 aliphatic rings. The Labute approximate surface area is 122 Å². The topological polar surface area (TPSA) is 65.5 Å². The molecule has 0 spiro atoms. The molecule has 0 aliphatic carbocycles. The van der Waals surface area contributed by atoms with Gasteiger partial charge in [0.25, 0.3) is 0 Å². The van der Waals surface area contributed by atoms with Crippen LogP contribution in [-0.4, -0.2) is 46.1 Å². The lowest BCUT2D eigenvalue weighted by molar-refractivity contribution is 0.0697. The van der Waals surface area contributed by atoms with Crippen molar-refractivity contribution < 1.29 is 9.90 Å². The maximum absolute atomic E-state index is 11.1. The van der Waals surface area contributed by atoms with E-state index >= 15 is 0 Å². The number of hydrogen-bond acceptors (Lipinski definition) is 4. The number of carbonyl (C=O) groups is 1. The lowest BCUT2D eigenvalue weighted by Gasteiger charge is -2.35. The van der Waals surface area contributed by atoms with Crippen molar-refractivity contribution in [2.24, 2.45) is 0 Å². The molecule has 2 aliphatic heterocycles. The van der Waals surface area contributed by atoms with Crippen molar-refractivity contribution in [2.45, 2.75) is 37.8 Å². The minimum Gasteiger partial charge on any atom is -0.478 e. The minimum atomic E-state index is -1.02. The Bertz CT molecular complexity index is 523. The number of piperidine rings is 1. The highest BCUT2D eigenvalue weighted by Gasteiger charge is 2.32. The van der Waals surface area contributed by atoms with E-state index in [1.165, 1.54) is 31.6 Å². The summed E-state index contributed by atoms with van der Waals surface area (Å²) in [5.41, 5.74) is 0.0995. The fraction of sp³-hybridized carbons (Fsp3) is 0.571. The van der Waals surface area contributed by atoms with Crippen LogP contribution in [0.3, 0.4) is 0 Å². The molecule has 0 saturated carbocycles. The summed E-state index contributed by atoms with van der Waals surface area (Å²) in [6.45, 7) is 2.31. The Morgan fingerprint density at radius 3 is 3.10 bits per heavy atom. The number of rotatable bonds is 3. The summed E-state index contributed by atoms with van der Waals surface area (Å²) in [6.07, 6.45) is 6.16. The van der Waals surface area contributed by atoms with E-state index in [4.69, 9.17) is 16.7 Å². The van der Waals surface area contributed by atoms with Crippen LogP contribution in [0, 0.1) is 0 Å². The van der Waals surface area contributed by atoms with Gasteiger partial charge in [-0.1, -0.05) is 11.6 Å². The number of carboxylic acid groups (broad SMARTS) is 1. The van der Waals surface area contributed by atoms with Crippen molar-refractivity contribution in [1.29, 1.82) is 0 Å². The molecule has 1 aromatic heterocycles. The second-order valence-electron chi connectivity index (χ2n) is 5.52. The van der Waals surface area contributed by atoms with E-state index < -0.39 is 5.97 Å². The van der Waals surface area contributed by atoms with Crippen LogP contribution in [0.25, 0.3) is 0 Å². The monoisotopic (exact) mass is 295 g/mol. The maximum Gasteiger partial charge on any atom is 0.337 e. The highest BCUT2D eigenvalue weighted by atomic mass is 35.5. The zero-order valence-electron chi connectivity index (χ0n) is 11.2. The molecular weight excluding hydrogens is 278 g/mol. The smallest absolute Gasteiger partial charge is 0.337 e. The third-order valence-electron chi connectivity index (χ3n) is 4.28. The SMILES string of the molecule is O=C(O)c1ccnc(NC2CCN3CCCC3C2)c1Cl. The zero-order chi connectivity index (χ0) is 14.1.